The van der Waals surface area contributed by atoms with Crippen LogP contribution in [0.4, 0.5) is 5.95 Å². The summed E-state index contributed by atoms with van der Waals surface area (Å²) in [4.78, 5) is 63.6. The van der Waals surface area contributed by atoms with Crippen LogP contribution in [-0.4, -0.2) is 67.5 Å². The molecule has 2 aromatic heterocycles. The number of fused-ring (bicyclic) bond motifs is 1. The van der Waals surface area contributed by atoms with Gasteiger partial charge in [0.15, 0.2) is 17.4 Å². The van der Waals surface area contributed by atoms with E-state index in [-0.39, 0.29) is 17.1 Å². The molecule has 162 valence electrons. The fourth-order valence-electron chi connectivity index (χ4n) is 2.95. The van der Waals surface area contributed by atoms with Crippen molar-refractivity contribution < 1.29 is 43.2 Å². The minimum atomic E-state index is -5.30. The standard InChI is InChI=1S/C12H19N5O10P2/c1-25-8-5(2-26-29(23,24)4-28(20,21)22)27-11(7(8)18)17-3-14-6-9(17)15-12(13)16-10(6)19/h3,5,7-8,11,18H,2,4H2,1H3,(H,23,24)(H2,20,21,22)(H3,13,15,16,19)/p-2/t5-,7-,8-,11-/m1/s1. The van der Waals surface area contributed by atoms with Crippen LogP contribution in [0.15, 0.2) is 11.1 Å². The maximum atomic E-state index is 11.9. The lowest BCUT2D eigenvalue weighted by atomic mass is 10.1. The van der Waals surface area contributed by atoms with Gasteiger partial charge >= 0.3 is 7.60 Å². The third-order valence-corrected chi connectivity index (χ3v) is 7.47. The van der Waals surface area contributed by atoms with Gasteiger partial charge in [0.25, 0.3) is 5.56 Å². The highest BCUT2D eigenvalue weighted by Crippen LogP contribution is 2.53. The molecule has 15 nitrogen and oxygen atoms in total. The largest absolute Gasteiger partial charge is 0.687 e. The molecule has 3 rings (SSSR count). The van der Waals surface area contributed by atoms with Crippen LogP contribution in [-0.2, 0) is 18.6 Å². The van der Waals surface area contributed by atoms with Gasteiger partial charge in [-0.2, -0.15) is 12.9 Å². The number of anilines is 1. The van der Waals surface area contributed by atoms with Crippen molar-refractivity contribution in [3.05, 3.63) is 16.7 Å². The van der Waals surface area contributed by atoms with Gasteiger partial charge in [0.1, 0.15) is 24.2 Å². The van der Waals surface area contributed by atoms with Gasteiger partial charge in [-0.25, -0.2) is 4.98 Å². The Morgan fingerprint density at radius 1 is 1.48 bits per heavy atom. The predicted molar refractivity (Wildman–Crippen MR) is 90.8 cm³/mol. The fraction of sp³-hybridized carbons (Fsp3) is 0.583. The van der Waals surface area contributed by atoms with E-state index >= 15 is 0 Å². The van der Waals surface area contributed by atoms with Crippen molar-refractivity contribution in [2.75, 3.05) is 25.4 Å². The summed E-state index contributed by atoms with van der Waals surface area (Å²) in [5.41, 5.74) is 4.86. The average Bonchev–Trinajstić information content (AvgIpc) is 3.11. The second-order valence-electron chi connectivity index (χ2n) is 6.22. The third-order valence-electron chi connectivity index (χ3n) is 4.10. The number of nitrogen functional groups attached to an aromatic ring is 1. The highest BCUT2D eigenvalue weighted by atomic mass is 31.3. The average molecular weight is 453 g/mol. The summed E-state index contributed by atoms with van der Waals surface area (Å²) in [6.45, 7) is -0.664. The monoisotopic (exact) mass is 453 g/mol. The maximum Gasteiger partial charge on any atom is 0.363 e. The van der Waals surface area contributed by atoms with E-state index < -0.39 is 58.1 Å². The van der Waals surface area contributed by atoms with E-state index in [4.69, 9.17) is 15.2 Å². The Balaban J connectivity index is 1.82. The molecule has 1 unspecified atom stereocenters. The second-order valence-corrected chi connectivity index (χ2v) is 10.1. The molecule has 0 amide bonds. The van der Waals surface area contributed by atoms with Crippen LogP contribution in [0, 0.1) is 0 Å². The van der Waals surface area contributed by atoms with Crippen LogP contribution in [0.2, 0.25) is 0 Å². The molecule has 0 bridgehead atoms. The molecule has 0 radical (unpaired) electrons. The Bertz CT molecular complexity index is 990. The number of hydrogen-bond donors (Lipinski definition) is 4. The first kappa shape index (κ1) is 22.2. The van der Waals surface area contributed by atoms with Crippen molar-refractivity contribution in [2.45, 2.75) is 24.5 Å². The van der Waals surface area contributed by atoms with E-state index in [9.17, 15) is 34.0 Å². The number of aliphatic hydroxyl groups is 1. The number of H-pyrrole nitrogens is 1. The number of methoxy groups -OCH3 is 1. The molecule has 0 aromatic carbocycles. The van der Waals surface area contributed by atoms with Crippen molar-refractivity contribution in [3.63, 3.8) is 0 Å². The number of nitrogens with two attached hydrogens (primary N) is 1. The minimum absolute atomic E-state index is 0.0122. The summed E-state index contributed by atoms with van der Waals surface area (Å²) in [5, 5.41) is 10.5. The lowest BCUT2D eigenvalue weighted by molar-refractivity contribution is -0.426. The zero-order valence-electron chi connectivity index (χ0n) is 14.8. The molecule has 1 aliphatic rings. The number of nitrogens with zero attached hydrogens (tertiary/aromatic N) is 3. The zero-order chi connectivity index (χ0) is 21.6. The summed E-state index contributed by atoms with van der Waals surface area (Å²) in [5.74, 6) is -1.78. The molecule has 5 atom stereocenters. The second kappa shape index (κ2) is 7.96. The van der Waals surface area contributed by atoms with Crippen molar-refractivity contribution >= 4 is 32.7 Å². The van der Waals surface area contributed by atoms with Crippen LogP contribution in [0.1, 0.15) is 6.23 Å². The maximum absolute atomic E-state index is 11.9. The van der Waals surface area contributed by atoms with Gasteiger partial charge in [0.2, 0.25) is 5.95 Å². The molecule has 1 aliphatic heterocycles. The molecule has 1 saturated heterocycles. The number of nitrogens with one attached hydrogen (secondary N) is 1. The zero-order valence-corrected chi connectivity index (χ0v) is 16.6. The Morgan fingerprint density at radius 3 is 2.79 bits per heavy atom. The van der Waals surface area contributed by atoms with Crippen LogP contribution in [0.5, 0.6) is 0 Å². The minimum Gasteiger partial charge on any atom is -0.687 e. The molecule has 1 fully saturated rings. The van der Waals surface area contributed by atoms with Gasteiger partial charge in [-0.3, -0.25) is 18.9 Å². The fourth-order valence-corrected chi connectivity index (χ4v) is 5.41. The summed E-state index contributed by atoms with van der Waals surface area (Å²) >= 11 is 0. The quantitative estimate of drug-likeness (QED) is 0.292. The Hall–Kier alpha value is -1.51. The molecule has 3 heterocycles. The van der Waals surface area contributed by atoms with E-state index in [1.54, 1.807) is 0 Å². The smallest absolute Gasteiger partial charge is 0.363 e. The van der Waals surface area contributed by atoms with Gasteiger partial charge in [0.05, 0.1) is 12.9 Å². The summed E-state index contributed by atoms with van der Waals surface area (Å²) in [6, 6.07) is 0. The summed E-state index contributed by atoms with van der Waals surface area (Å²) < 4.78 is 28.4. The Kier molecular flexibility index (Phi) is 6.09. The van der Waals surface area contributed by atoms with E-state index in [1.165, 1.54) is 18.0 Å². The van der Waals surface area contributed by atoms with Gasteiger partial charge in [-0.05, 0) is 0 Å². The topological polar surface area (TPSA) is 244 Å². The van der Waals surface area contributed by atoms with Crippen molar-refractivity contribution in [2.24, 2.45) is 0 Å². The molecule has 2 aromatic rings. The number of aromatic nitrogens is 4. The number of aromatic amines is 1. The van der Waals surface area contributed by atoms with E-state index in [2.05, 4.69) is 19.5 Å². The number of ether oxygens (including phenoxy) is 2. The number of imidazole rings is 1. The lowest BCUT2D eigenvalue weighted by Gasteiger charge is -2.42. The molecule has 0 aliphatic carbocycles. The number of hydrogen-bond acceptors (Lipinski definition) is 12. The van der Waals surface area contributed by atoms with Gasteiger partial charge in [-0.1, -0.05) is 0 Å². The van der Waals surface area contributed by atoms with Crippen LogP contribution >= 0.6 is 15.5 Å². The third kappa shape index (κ3) is 4.81. The van der Waals surface area contributed by atoms with Crippen LogP contribution in [0.25, 0.3) is 11.2 Å². The van der Waals surface area contributed by atoms with Crippen LogP contribution in [0.3, 0.4) is 0 Å². The van der Waals surface area contributed by atoms with Gasteiger partial charge in [0, 0.05) is 7.11 Å². The molecule has 0 spiro atoms. The van der Waals surface area contributed by atoms with Gasteiger partial charge in [-0.15, -0.1) is 0 Å². The Labute approximate surface area is 162 Å². The molecule has 29 heavy (non-hydrogen) atoms. The highest BCUT2D eigenvalue weighted by molar-refractivity contribution is 7.71. The number of rotatable bonds is 7. The highest BCUT2D eigenvalue weighted by Gasteiger charge is 2.46. The Morgan fingerprint density at radius 2 is 2.17 bits per heavy atom. The molecule has 5 N–H and O–H groups in total. The molecular formula is C12H17N5O10P2-2. The lowest BCUT2D eigenvalue weighted by Crippen LogP contribution is -2.37. The molecule has 0 saturated carbocycles. The molecule has 17 heteroatoms. The predicted octanol–water partition coefficient (Wildman–Crippen LogP) is -4.02. The SMILES string of the molecule is CO[C@H]1[C@@H](O)[C@H](n2cnc3c(=O)[nH]c(N)nc32)O[C@@H]1COP(=O)(O)C[P+]([O-])([O-])[O-]. The molecular weight excluding hydrogens is 436 g/mol. The normalized spacial score (nSPS) is 27.4. The van der Waals surface area contributed by atoms with Crippen molar-refractivity contribution in [3.8, 4) is 0 Å². The van der Waals surface area contributed by atoms with Crippen molar-refractivity contribution in [1.82, 2.24) is 19.5 Å². The first-order valence-corrected chi connectivity index (χ1v) is 11.5. The van der Waals surface area contributed by atoms with E-state index in [0.29, 0.717) is 0 Å². The van der Waals surface area contributed by atoms with Crippen LogP contribution < -0.4 is 26.0 Å². The first-order valence-electron chi connectivity index (χ1n) is 7.98. The number of aliphatic hydroxyl groups excluding tert-OH is 1. The van der Waals surface area contributed by atoms with Gasteiger partial charge < -0.3 is 44.4 Å². The summed E-state index contributed by atoms with van der Waals surface area (Å²) in [6.07, 6.45) is -3.55. The first-order chi connectivity index (χ1) is 13.4. The summed E-state index contributed by atoms with van der Waals surface area (Å²) in [7, 11) is -8.81. The van der Waals surface area contributed by atoms with E-state index in [1.807, 2.05) is 0 Å². The van der Waals surface area contributed by atoms with E-state index in [0.717, 1.165) is 0 Å². The van der Waals surface area contributed by atoms with Crippen molar-refractivity contribution in [1.29, 1.82) is 0 Å².